The quantitative estimate of drug-likeness (QED) is 0.0261. The molecule has 1 unspecified atom stereocenters. The predicted molar refractivity (Wildman–Crippen MR) is 348 cm³/mol. The molecule has 0 aromatic heterocycles. The first kappa shape index (κ1) is 76.6. The summed E-state index contributed by atoms with van der Waals surface area (Å²) in [5, 5.41) is 0. The van der Waals surface area contributed by atoms with E-state index in [-0.39, 0.29) is 31.1 Å². The molecule has 0 fully saturated rings. The van der Waals surface area contributed by atoms with Crippen LogP contribution in [0.3, 0.4) is 0 Å². The molecule has 0 amide bonds. The summed E-state index contributed by atoms with van der Waals surface area (Å²) < 4.78 is 16.9. The zero-order chi connectivity index (χ0) is 57.8. The summed E-state index contributed by atoms with van der Waals surface area (Å²) in [7, 11) is 0. The molecule has 0 aromatic rings. The van der Waals surface area contributed by atoms with Gasteiger partial charge in [-0.05, 0) is 109 Å². The van der Waals surface area contributed by atoms with Crippen molar-refractivity contribution in [3.8, 4) is 0 Å². The Kier molecular flexibility index (Phi) is 65.2. The number of allylic oxidation sites excluding steroid dienone is 14. The minimum absolute atomic E-state index is 0.0769. The first-order valence-corrected chi connectivity index (χ1v) is 34.6. The third-order valence-corrected chi connectivity index (χ3v) is 15.1. The first-order chi connectivity index (χ1) is 39.5. The molecule has 462 valence electrons. The van der Waals surface area contributed by atoms with E-state index in [1.807, 2.05) is 0 Å². The van der Waals surface area contributed by atoms with Crippen molar-refractivity contribution in [2.75, 3.05) is 13.2 Å². The van der Waals surface area contributed by atoms with Gasteiger partial charge in [0, 0.05) is 19.3 Å². The molecule has 6 heteroatoms. The zero-order valence-corrected chi connectivity index (χ0v) is 53.1. The van der Waals surface area contributed by atoms with Gasteiger partial charge in [-0.25, -0.2) is 0 Å². The molecule has 0 aliphatic rings. The molecule has 0 saturated heterocycles. The minimum atomic E-state index is -0.780. The largest absolute Gasteiger partial charge is 0.462 e. The van der Waals surface area contributed by atoms with Crippen LogP contribution in [0, 0.1) is 0 Å². The fraction of sp³-hybridized carbons (Fsp3) is 0.770. The third kappa shape index (κ3) is 65.4. The number of ether oxygens (including phenoxy) is 3. The van der Waals surface area contributed by atoms with Gasteiger partial charge in [-0.2, -0.15) is 0 Å². The summed E-state index contributed by atoms with van der Waals surface area (Å²) in [6, 6.07) is 0. The summed E-state index contributed by atoms with van der Waals surface area (Å²) in [5.41, 5.74) is 0. The molecule has 0 radical (unpaired) electrons. The number of unbranched alkanes of at least 4 members (excludes halogenated alkanes) is 38. The second kappa shape index (κ2) is 68.1. The smallest absolute Gasteiger partial charge is 0.306 e. The lowest BCUT2D eigenvalue weighted by molar-refractivity contribution is -0.167. The maximum absolute atomic E-state index is 12.9. The van der Waals surface area contributed by atoms with Gasteiger partial charge in [-0.3, -0.25) is 14.4 Å². The van der Waals surface area contributed by atoms with Crippen molar-refractivity contribution in [1.29, 1.82) is 0 Å². The molecule has 0 heterocycles. The van der Waals surface area contributed by atoms with Crippen LogP contribution in [0.15, 0.2) is 85.1 Å². The van der Waals surface area contributed by atoms with E-state index >= 15 is 0 Å². The van der Waals surface area contributed by atoms with E-state index in [9.17, 15) is 14.4 Å². The van der Waals surface area contributed by atoms with E-state index in [2.05, 4.69) is 106 Å². The Bertz CT molecular complexity index is 1520. The van der Waals surface area contributed by atoms with Crippen LogP contribution in [0.5, 0.6) is 0 Å². The van der Waals surface area contributed by atoms with Gasteiger partial charge in [0.2, 0.25) is 0 Å². The van der Waals surface area contributed by atoms with E-state index in [0.717, 1.165) is 96.3 Å². The van der Waals surface area contributed by atoms with Gasteiger partial charge < -0.3 is 14.2 Å². The highest BCUT2D eigenvalue weighted by atomic mass is 16.6. The fourth-order valence-electron chi connectivity index (χ4n) is 9.92. The lowest BCUT2D eigenvalue weighted by atomic mass is 10.0. The highest BCUT2D eigenvalue weighted by Gasteiger charge is 2.19. The summed E-state index contributed by atoms with van der Waals surface area (Å²) >= 11 is 0. The molecule has 0 rings (SSSR count). The van der Waals surface area contributed by atoms with Gasteiger partial charge in [0.05, 0.1) is 0 Å². The topological polar surface area (TPSA) is 78.9 Å². The first-order valence-electron chi connectivity index (χ1n) is 34.6. The summed E-state index contributed by atoms with van der Waals surface area (Å²) in [5.74, 6) is -0.875. The molecule has 1 atom stereocenters. The van der Waals surface area contributed by atoms with E-state index in [4.69, 9.17) is 14.2 Å². The van der Waals surface area contributed by atoms with E-state index in [1.165, 1.54) is 212 Å². The average Bonchev–Trinajstić information content (AvgIpc) is 3.46. The number of carbonyl (C=O) groups excluding carboxylic acids is 3. The normalized spacial score (nSPS) is 12.6. The van der Waals surface area contributed by atoms with Crippen molar-refractivity contribution < 1.29 is 28.6 Å². The standard InChI is InChI=1S/C74H130O6/c1-4-7-10-13-16-19-22-24-26-28-30-31-32-33-34-35-36-37-38-39-40-41-42-43-44-46-47-49-52-55-58-61-64-67-73(76)79-70-71(69-78-72(75)66-63-60-57-54-51-21-18-15-12-9-6-3)80-74(77)68-65-62-59-56-53-50-48-45-29-27-25-23-20-17-14-11-8-5-2/h7,10,15-16,18-19,24,26-27,29-31,33-34,71H,4-6,8-9,11-14,17,20-23,25,28,32,35-70H2,1-3H3/b10-7-,18-15-,19-16-,26-24-,29-27-,31-30-,34-33-. The lowest BCUT2D eigenvalue weighted by Gasteiger charge is -2.18. The molecule has 0 bridgehead atoms. The van der Waals surface area contributed by atoms with Crippen LogP contribution in [0.2, 0.25) is 0 Å². The van der Waals surface area contributed by atoms with E-state index < -0.39 is 6.10 Å². The maximum Gasteiger partial charge on any atom is 0.306 e. The van der Waals surface area contributed by atoms with Crippen LogP contribution in [0.4, 0.5) is 0 Å². The summed E-state index contributed by atoms with van der Waals surface area (Å²) in [4.78, 5) is 38.3. The Balaban J connectivity index is 4.13. The Morgan fingerprint density at radius 1 is 0.263 bits per heavy atom. The van der Waals surface area contributed by atoms with Crippen molar-refractivity contribution in [2.45, 2.75) is 354 Å². The van der Waals surface area contributed by atoms with Gasteiger partial charge in [-0.15, -0.1) is 0 Å². The Morgan fingerprint density at radius 3 is 0.812 bits per heavy atom. The van der Waals surface area contributed by atoms with Crippen LogP contribution >= 0.6 is 0 Å². The van der Waals surface area contributed by atoms with Gasteiger partial charge in [-0.1, -0.05) is 305 Å². The number of esters is 3. The van der Waals surface area contributed by atoms with Gasteiger partial charge in [0.15, 0.2) is 6.10 Å². The second-order valence-corrected chi connectivity index (χ2v) is 23.1. The SMILES string of the molecule is CC/C=C\C/C=C\C/C=C\C/C=C\C/C=C\CCCCCCCCCCCCCCCCCCCC(=O)OCC(COC(=O)CCCCCCC/C=C\CCCC)OC(=O)CCCCCCCCC/C=C\CCCCCCCCC. The monoisotopic (exact) mass is 1110 g/mol. The summed E-state index contributed by atoms with van der Waals surface area (Å²) in [6.45, 7) is 6.51. The molecule has 0 spiro atoms. The van der Waals surface area contributed by atoms with Gasteiger partial charge in [0.1, 0.15) is 13.2 Å². The van der Waals surface area contributed by atoms with Crippen molar-refractivity contribution in [1.82, 2.24) is 0 Å². The molecule has 0 aromatic carbocycles. The van der Waals surface area contributed by atoms with Gasteiger partial charge >= 0.3 is 17.9 Å². The highest BCUT2D eigenvalue weighted by Crippen LogP contribution is 2.17. The fourth-order valence-corrected chi connectivity index (χ4v) is 9.92. The van der Waals surface area contributed by atoms with Crippen molar-refractivity contribution in [2.24, 2.45) is 0 Å². The number of carbonyl (C=O) groups is 3. The van der Waals surface area contributed by atoms with Gasteiger partial charge in [0.25, 0.3) is 0 Å². The van der Waals surface area contributed by atoms with Crippen molar-refractivity contribution >= 4 is 17.9 Å². The van der Waals surface area contributed by atoms with Crippen molar-refractivity contribution in [3.63, 3.8) is 0 Å². The lowest BCUT2D eigenvalue weighted by Crippen LogP contribution is -2.30. The Labute approximate surface area is 496 Å². The maximum atomic E-state index is 12.9. The average molecular weight is 1120 g/mol. The minimum Gasteiger partial charge on any atom is -0.462 e. The molecule has 0 saturated carbocycles. The Morgan fingerprint density at radius 2 is 0.500 bits per heavy atom. The Hall–Kier alpha value is -3.41. The van der Waals surface area contributed by atoms with Crippen LogP contribution in [0.1, 0.15) is 348 Å². The van der Waals surface area contributed by atoms with Crippen LogP contribution in [0.25, 0.3) is 0 Å². The van der Waals surface area contributed by atoms with E-state index in [1.54, 1.807) is 0 Å². The molecule has 0 aliphatic carbocycles. The number of hydrogen-bond acceptors (Lipinski definition) is 6. The van der Waals surface area contributed by atoms with E-state index in [0.29, 0.717) is 19.3 Å². The number of rotatable bonds is 63. The molecule has 0 N–H and O–H groups in total. The molecular formula is C74H130O6. The number of hydrogen-bond donors (Lipinski definition) is 0. The van der Waals surface area contributed by atoms with Crippen molar-refractivity contribution in [3.05, 3.63) is 85.1 Å². The highest BCUT2D eigenvalue weighted by molar-refractivity contribution is 5.71. The molecule has 80 heavy (non-hydrogen) atoms. The molecule has 0 aliphatic heterocycles. The predicted octanol–water partition coefficient (Wildman–Crippen LogP) is 23.8. The molecule has 6 nitrogen and oxygen atoms in total. The zero-order valence-electron chi connectivity index (χ0n) is 53.1. The van der Waals surface area contributed by atoms with Crippen LogP contribution < -0.4 is 0 Å². The summed E-state index contributed by atoms with van der Waals surface area (Å²) in [6.07, 6.45) is 90.5. The van der Waals surface area contributed by atoms with Crippen LogP contribution in [-0.4, -0.2) is 37.2 Å². The van der Waals surface area contributed by atoms with Crippen LogP contribution in [-0.2, 0) is 28.6 Å². The molecular weight excluding hydrogens is 985 g/mol. The second-order valence-electron chi connectivity index (χ2n) is 23.1. The third-order valence-electron chi connectivity index (χ3n) is 15.1.